The van der Waals surface area contributed by atoms with Crippen molar-refractivity contribution in [3.8, 4) is 11.1 Å². The quantitative estimate of drug-likeness (QED) is 0.629. The van der Waals surface area contributed by atoms with E-state index in [0.717, 1.165) is 28.0 Å². The van der Waals surface area contributed by atoms with Gasteiger partial charge in [-0.15, -0.1) is 0 Å². The Hall–Kier alpha value is -2.62. The SMILES string of the molecule is CN(N=C1c2ccccc2-c2ccccc21)C(=O)OC(C)(C)C. The second-order valence-corrected chi connectivity index (χ2v) is 6.54. The van der Waals surface area contributed by atoms with Crippen molar-refractivity contribution >= 4 is 11.8 Å². The first-order valence-electron chi connectivity index (χ1n) is 7.61. The van der Waals surface area contributed by atoms with E-state index in [2.05, 4.69) is 17.2 Å². The highest BCUT2D eigenvalue weighted by Gasteiger charge is 2.26. The zero-order valence-corrected chi connectivity index (χ0v) is 13.8. The third kappa shape index (κ3) is 2.97. The van der Waals surface area contributed by atoms with Gasteiger partial charge in [0, 0.05) is 18.2 Å². The molecule has 1 aliphatic carbocycles. The van der Waals surface area contributed by atoms with Crippen LogP contribution in [0.4, 0.5) is 4.79 Å². The molecule has 0 saturated heterocycles. The van der Waals surface area contributed by atoms with Gasteiger partial charge in [0.25, 0.3) is 0 Å². The molecular formula is C19H20N2O2. The number of carbonyl (C=O) groups is 1. The van der Waals surface area contributed by atoms with Crippen molar-refractivity contribution in [3.63, 3.8) is 0 Å². The number of benzene rings is 2. The van der Waals surface area contributed by atoms with Crippen molar-refractivity contribution in [3.05, 3.63) is 59.7 Å². The molecule has 0 aromatic heterocycles. The number of ether oxygens (including phenoxy) is 1. The third-order valence-electron chi connectivity index (χ3n) is 3.56. The minimum absolute atomic E-state index is 0.466. The summed E-state index contributed by atoms with van der Waals surface area (Å²) in [7, 11) is 1.62. The van der Waals surface area contributed by atoms with Crippen molar-refractivity contribution in [2.24, 2.45) is 5.10 Å². The zero-order valence-electron chi connectivity index (χ0n) is 13.8. The molecule has 1 amide bonds. The smallest absolute Gasteiger partial charge is 0.430 e. The van der Waals surface area contributed by atoms with E-state index in [1.807, 2.05) is 57.2 Å². The summed E-state index contributed by atoms with van der Waals surface area (Å²) >= 11 is 0. The van der Waals surface area contributed by atoms with Crippen LogP contribution < -0.4 is 0 Å². The average Bonchev–Trinajstić information content (AvgIpc) is 2.81. The molecule has 2 aromatic rings. The maximum Gasteiger partial charge on any atom is 0.430 e. The Morgan fingerprint density at radius 3 is 1.78 bits per heavy atom. The molecule has 0 fully saturated rings. The highest BCUT2D eigenvalue weighted by molar-refractivity contribution is 6.24. The van der Waals surface area contributed by atoms with Gasteiger partial charge in [-0.05, 0) is 31.9 Å². The summed E-state index contributed by atoms with van der Waals surface area (Å²) in [6, 6.07) is 16.2. The summed E-state index contributed by atoms with van der Waals surface area (Å²) in [5.74, 6) is 0. The second kappa shape index (κ2) is 5.54. The van der Waals surface area contributed by atoms with Gasteiger partial charge in [-0.25, -0.2) is 9.80 Å². The number of hydrogen-bond donors (Lipinski definition) is 0. The molecule has 0 unspecified atom stereocenters. The van der Waals surface area contributed by atoms with Crippen molar-refractivity contribution in [2.45, 2.75) is 26.4 Å². The summed E-state index contributed by atoms with van der Waals surface area (Å²) < 4.78 is 5.37. The summed E-state index contributed by atoms with van der Waals surface area (Å²) in [6.07, 6.45) is -0.466. The average molecular weight is 308 g/mol. The maximum atomic E-state index is 12.2. The first-order chi connectivity index (χ1) is 10.9. The van der Waals surface area contributed by atoms with Crippen LogP contribution in [0.15, 0.2) is 53.6 Å². The molecule has 3 rings (SSSR count). The van der Waals surface area contributed by atoms with E-state index in [9.17, 15) is 4.79 Å². The molecule has 23 heavy (non-hydrogen) atoms. The second-order valence-electron chi connectivity index (χ2n) is 6.54. The molecule has 118 valence electrons. The Kier molecular flexibility index (Phi) is 3.68. The lowest BCUT2D eigenvalue weighted by Crippen LogP contribution is -2.32. The van der Waals surface area contributed by atoms with E-state index in [1.54, 1.807) is 7.05 Å². The Bertz CT molecular complexity index is 740. The molecule has 2 aromatic carbocycles. The highest BCUT2D eigenvalue weighted by Crippen LogP contribution is 2.36. The van der Waals surface area contributed by atoms with Crippen LogP contribution in [-0.4, -0.2) is 29.5 Å². The first-order valence-corrected chi connectivity index (χ1v) is 7.61. The molecule has 0 N–H and O–H groups in total. The molecular weight excluding hydrogens is 288 g/mol. The van der Waals surface area contributed by atoms with Gasteiger partial charge in [0.05, 0.1) is 5.71 Å². The standard InChI is InChI=1S/C19H20N2O2/c1-19(2,3)23-18(22)21(4)20-17-15-11-7-5-9-13(15)14-10-6-8-12-16(14)17/h5-12H,1-4H3. The van der Waals surface area contributed by atoms with Crippen LogP contribution in [0.2, 0.25) is 0 Å². The van der Waals surface area contributed by atoms with Crippen molar-refractivity contribution in [1.29, 1.82) is 0 Å². The number of fused-ring (bicyclic) bond motifs is 3. The van der Waals surface area contributed by atoms with Crippen molar-refractivity contribution in [1.82, 2.24) is 5.01 Å². The van der Waals surface area contributed by atoms with Gasteiger partial charge >= 0.3 is 6.09 Å². The minimum Gasteiger partial charge on any atom is -0.442 e. The molecule has 4 nitrogen and oxygen atoms in total. The van der Waals surface area contributed by atoms with E-state index in [1.165, 1.54) is 5.01 Å². The van der Waals surface area contributed by atoms with Crippen LogP contribution >= 0.6 is 0 Å². The van der Waals surface area contributed by atoms with Crippen molar-refractivity contribution < 1.29 is 9.53 Å². The third-order valence-corrected chi connectivity index (χ3v) is 3.56. The number of rotatable bonds is 1. The lowest BCUT2D eigenvalue weighted by molar-refractivity contribution is 0.0303. The lowest BCUT2D eigenvalue weighted by Gasteiger charge is -2.22. The number of hydrazone groups is 1. The van der Waals surface area contributed by atoms with E-state index < -0.39 is 11.7 Å². The Morgan fingerprint density at radius 2 is 1.35 bits per heavy atom. The molecule has 0 saturated carbocycles. The first kappa shape index (κ1) is 15.3. The van der Waals surface area contributed by atoms with Crippen LogP contribution in [0.5, 0.6) is 0 Å². The molecule has 1 aliphatic rings. The molecule has 4 heteroatoms. The Balaban J connectivity index is 2.01. The van der Waals surface area contributed by atoms with Crippen LogP contribution in [0.1, 0.15) is 31.9 Å². The summed E-state index contributed by atoms with van der Waals surface area (Å²) in [5.41, 5.74) is 4.59. The van der Waals surface area contributed by atoms with Gasteiger partial charge in [0.2, 0.25) is 0 Å². The predicted octanol–water partition coefficient (Wildman–Crippen LogP) is 4.29. The van der Waals surface area contributed by atoms with Gasteiger partial charge < -0.3 is 4.74 Å². The molecule has 0 spiro atoms. The van der Waals surface area contributed by atoms with Gasteiger partial charge in [-0.3, -0.25) is 0 Å². The molecule has 0 bridgehead atoms. The molecule has 0 heterocycles. The summed E-state index contributed by atoms with van der Waals surface area (Å²) in [5, 5.41) is 5.78. The van der Waals surface area contributed by atoms with E-state index in [4.69, 9.17) is 4.74 Å². The fourth-order valence-corrected chi connectivity index (χ4v) is 2.62. The van der Waals surface area contributed by atoms with Gasteiger partial charge in [0.1, 0.15) is 5.60 Å². The van der Waals surface area contributed by atoms with E-state index >= 15 is 0 Å². The topological polar surface area (TPSA) is 41.9 Å². The van der Waals surface area contributed by atoms with E-state index in [0.29, 0.717) is 0 Å². The summed E-state index contributed by atoms with van der Waals surface area (Å²) in [6.45, 7) is 5.52. The molecule has 0 radical (unpaired) electrons. The number of carbonyl (C=O) groups excluding carboxylic acids is 1. The highest BCUT2D eigenvalue weighted by atomic mass is 16.6. The Labute approximate surface area is 136 Å². The minimum atomic E-state index is -0.545. The van der Waals surface area contributed by atoms with Crippen LogP contribution in [0.3, 0.4) is 0 Å². The van der Waals surface area contributed by atoms with Gasteiger partial charge in [0.15, 0.2) is 0 Å². The number of hydrogen-bond acceptors (Lipinski definition) is 3. The fourth-order valence-electron chi connectivity index (χ4n) is 2.62. The summed E-state index contributed by atoms with van der Waals surface area (Å²) in [4.78, 5) is 12.2. The number of nitrogens with zero attached hydrogens (tertiary/aromatic N) is 2. The van der Waals surface area contributed by atoms with Crippen LogP contribution in [0, 0.1) is 0 Å². The largest absolute Gasteiger partial charge is 0.442 e. The molecule has 0 aliphatic heterocycles. The normalized spacial score (nSPS) is 12.4. The van der Waals surface area contributed by atoms with Crippen molar-refractivity contribution in [2.75, 3.05) is 7.05 Å². The Morgan fingerprint density at radius 1 is 0.913 bits per heavy atom. The predicted molar refractivity (Wildman–Crippen MR) is 91.5 cm³/mol. The van der Waals surface area contributed by atoms with Crippen LogP contribution in [0.25, 0.3) is 11.1 Å². The maximum absolute atomic E-state index is 12.2. The van der Waals surface area contributed by atoms with Gasteiger partial charge in [-0.2, -0.15) is 5.10 Å². The monoisotopic (exact) mass is 308 g/mol. The molecule has 0 atom stereocenters. The number of amides is 1. The van der Waals surface area contributed by atoms with E-state index in [-0.39, 0.29) is 0 Å². The lowest BCUT2D eigenvalue weighted by atomic mass is 10.1. The van der Waals surface area contributed by atoms with Gasteiger partial charge in [-0.1, -0.05) is 48.5 Å². The van der Waals surface area contributed by atoms with Crippen LogP contribution in [-0.2, 0) is 4.74 Å². The fraction of sp³-hybridized carbons (Fsp3) is 0.263. The zero-order chi connectivity index (χ0) is 16.6.